The molecule has 0 radical (unpaired) electrons. The maximum atomic E-state index is 11.9. The molecule has 1 heterocycles. The van der Waals surface area contributed by atoms with Crippen molar-refractivity contribution in [1.82, 2.24) is 5.32 Å². The average Bonchev–Trinajstić information content (AvgIpc) is 2.27. The molecule has 0 bridgehead atoms. The number of nitrogens with zero attached hydrogens (tertiary/aromatic N) is 1. The Balaban J connectivity index is 2.59. The van der Waals surface area contributed by atoms with Gasteiger partial charge in [-0.05, 0) is 19.8 Å². The largest absolute Gasteiger partial charge is 0.409 e. The normalized spacial score (nSPS) is 25.4. The minimum atomic E-state index is -3.33. The molecule has 1 fully saturated rings. The summed E-state index contributed by atoms with van der Waals surface area (Å²) < 4.78 is 23.5. The van der Waals surface area contributed by atoms with Crippen molar-refractivity contribution in [3.63, 3.8) is 0 Å². The highest BCUT2D eigenvalue weighted by Gasteiger charge is 2.35. The van der Waals surface area contributed by atoms with Crippen LogP contribution in [0.2, 0.25) is 0 Å². The molecule has 4 N–H and O–H groups in total. The summed E-state index contributed by atoms with van der Waals surface area (Å²) in [6.07, 6.45) is 1.90. The molecule has 104 valence electrons. The number of carbonyl (C=O) groups excluding carboxylic acids is 1. The fourth-order valence-electron chi connectivity index (χ4n) is 1.99. The van der Waals surface area contributed by atoms with E-state index in [0.717, 1.165) is 6.42 Å². The van der Waals surface area contributed by atoms with Crippen LogP contribution >= 0.6 is 0 Å². The summed E-state index contributed by atoms with van der Waals surface area (Å²) in [6.45, 7) is 1.67. The van der Waals surface area contributed by atoms with Crippen molar-refractivity contribution in [2.75, 3.05) is 5.75 Å². The van der Waals surface area contributed by atoms with E-state index in [1.54, 1.807) is 6.92 Å². The zero-order chi connectivity index (χ0) is 13.8. The van der Waals surface area contributed by atoms with Crippen LogP contribution in [0, 0.1) is 0 Å². The second-order valence-electron chi connectivity index (χ2n) is 4.56. The van der Waals surface area contributed by atoms with Gasteiger partial charge in [-0.15, -0.1) is 0 Å². The number of sulfone groups is 1. The summed E-state index contributed by atoms with van der Waals surface area (Å²) in [5.41, 5.74) is 5.31. The van der Waals surface area contributed by atoms with Gasteiger partial charge >= 0.3 is 0 Å². The quantitative estimate of drug-likeness (QED) is 0.279. The first-order valence-electron chi connectivity index (χ1n) is 5.85. The predicted molar refractivity (Wildman–Crippen MR) is 67.1 cm³/mol. The standard InChI is InChI=1S/C10H19N3O4S/c1-7(6-9(11)13-15)12-10(14)8-4-2-3-5-18(8,16)17/h7-8,15H,2-6H2,1H3,(H2,11,13)(H,12,14). The smallest absolute Gasteiger partial charge is 0.238 e. The van der Waals surface area contributed by atoms with Gasteiger partial charge in [0.05, 0.1) is 5.75 Å². The Morgan fingerprint density at radius 2 is 2.22 bits per heavy atom. The van der Waals surface area contributed by atoms with E-state index in [2.05, 4.69) is 10.5 Å². The van der Waals surface area contributed by atoms with Crippen LogP contribution in [-0.2, 0) is 14.6 Å². The lowest BCUT2D eigenvalue weighted by molar-refractivity contribution is -0.121. The summed E-state index contributed by atoms with van der Waals surface area (Å²) in [5, 5.41) is 12.8. The lowest BCUT2D eigenvalue weighted by atomic mass is 10.1. The molecule has 0 saturated carbocycles. The molecule has 0 aromatic carbocycles. The molecule has 18 heavy (non-hydrogen) atoms. The van der Waals surface area contributed by atoms with E-state index in [1.807, 2.05) is 0 Å². The minimum Gasteiger partial charge on any atom is -0.409 e. The average molecular weight is 277 g/mol. The Hall–Kier alpha value is -1.31. The van der Waals surface area contributed by atoms with E-state index >= 15 is 0 Å². The molecule has 0 aliphatic carbocycles. The zero-order valence-electron chi connectivity index (χ0n) is 10.3. The van der Waals surface area contributed by atoms with E-state index in [-0.39, 0.29) is 24.1 Å². The van der Waals surface area contributed by atoms with Crippen molar-refractivity contribution in [2.24, 2.45) is 10.9 Å². The van der Waals surface area contributed by atoms with Gasteiger partial charge in [-0.3, -0.25) is 4.79 Å². The van der Waals surface area contributed by atoms with E-state index in [0.29, 0.717) is 12.8 Å². The molecular weight excluding hydrogens is 258 g/mol. The van der Waals surface area contributed by atoms with Crippen LogP contribution in [0.4, 0.5) is 0 Å². The molecular formula is C10H19N3O4S. The number of carbonyl (C=O) groups is 1. The topological polar surface area (TPSA) is 122 Å². The molecule has 0 aromatic heterocycles. The number of nitrogens with two attached hydrogens (primary N) is 1. The summed E-state index contributed by atoms with van der Waals surface area (Å²) in [7, 11) is -3.33. The van der Waals surface area contributed by atoms with Crippen LogP contribution in [0.25, 0.3) is 0 Å². The van der Waals surface area contributed by atoms with Crippen molar-refractivity contribution in [3.8, 4) is 0 Å². The first-order valence-corrected chi connectivity index (χ1v) is 7.56. The number of hydrogen-bond donors (Lipinski definition) is 3. The predicted octanol–water partition coefficient (Wildman–Crippen LogP) is -0.405. The SMILES string of the molecule is CC(CC(N)=NO)NC(=O)C1CCCCS1(=O)=O. The van der Waals surface area contributed by atoms with Gasteiger partial charge in [0.1, 0.15) is 11.1 Å². The summed E-state index contributed by atoms with van der Waals surface area (Å²) in [5.74, 6) is -0.429. The number of oxime groups is 1. The monoisotopic (exact) mass is 277 g/mol. The Kier molecular flexibility index (Phi) is 4.94. The Morgan fingerprint density at radius 3 is 2.78 bits per heavy atom. The Bertz CT molecular complexity index is 432. The van der Waals surface area contributed by atoms with Crippen molar-refractivity contribution in [1.29, 1.82) is 0 Å². The van der Waals surface area contributed by atoms with Crippen LogP contribution in [0.1, 0.15) is 32.6 Å². The molecule has 2 unspecified atom stereocenters. The highest BCUT2D eigenvalue weighted by molar-refractivity contribution is 7.92. The van der Waals surface area contributed by atoms with Gasteiger partial charge in [-0.2, -0.15) is 0 Å². The van der Waals surface area contributed by atoms with Crippen LogP contribution < -0.4 is 11.1 Å². The van der Waals surface area contributed by atoms with Gasteiger partial charge in [0.25, 0.3) is 0 Å². The molecule has 1 rings (SSSR count). The van der Waals surface area contributed by atoms with Gasteiger partial charge in [-0.1, -0.05) is 11.6 Å². The Morgan fingerprint density at radius 1 is 1.56 bits per heavy atom. The summed E-state index contributed by atoms with van der Waals surface area (Å²) >= 11 is 0. The lowest BCUT2D eigenvalue weighted by Crippen LogP contribution is -2.46. The van der Waals surface area contributed by atoms with E-state index in [9.17, 15) is 13.2 Å². The van der Waals surface area contributed by atoms with Gasteiger partial charge in [0.2, 0.25) is 5.91 Å². The summed E-state index contributed by atoms with van der Waals surface area (Å²) in [6, 6.07) is -0.370. The Labute approximate surface area is 106 Å². The van der Waals surface area contributed by atoms with Gasteiger partial charge in [-0.25, -0.2) is 8.42 Å². The fraction of sp³-hybridized carbons (Fsp3) is 0.800. The maximum Gasteiger partial charge on any atom is 0.238 e. The zero-order valence-corrected chi connectivity index (χ0v) is 11.1. The first kappa shape index (κ1) is 14.7. The second-order valence-corrected chi connectivity index (χ2v) is 6.86. The highest BCUT2D eigenvalue weighted by atomic mass is 32.2. The molecule has 0 spiro atoms. The molecule has 8 heteroatoms. The number of amidine groups is 1. The molecule has 1 amide bonds. The third-order valence-electron chi connectivity index (χ3n) is 2.90. The third kappa shape index (κ3) is 3.86. The van der Waals surface area contributed by atoms with Crippen LogP contribution in [0.3, 0.4) is 0 Å². The first-order chi connectivity index (χ1) is 8.36. The van der Waals surface area contributed by atoms with Crippen LogP contribution in [-0.4, -0.2) is 42.4 Å². The molecule has 1 aliphatic rings. The summed E-state index contributed by atoms with van der Waals surface area (Å²) in [4.78, 5) is 11.9. The van der Waals surface area contributed by atoms with E-state index in [4.69, 9.17) is 10.9 Å². The van der Waals surface area contributed by atoms with Crippen molar-refractivity contribution in [2.45, 2.75) is 43.9 Å². The lowest BCUT2D eigenvalue weighted by Gasteiger charge is -2.23. The minimum absolute atomic E-state index is 0.00528. The van der Waals surface area contributed by atoms with Crippen LogP contribution in [0.5, 0.6) is 0 Å². The number of hydrogen-bond acceptors (Lipinski definition) is 5. The van der Waals surface area contributed by atoms with Gasteiger partial charge in [0, 0.05) is 12.5 Å². The second kappa shape index (κ2) is 6.03. The molecule has 0 aromatic rings. The van der Waals surface area contributed by atoms with E-state index < -0.39 is 21.0 Å². The fourth-order valence-corrected chi connectivity index (χ4v) is 3.80. The number of amides is 1. The number of nitrogens with one attached hydrogen (secondary N) is 1. The van der Waals surface area contributed by atoms with Crippen molar-refractivity contribution >= 4 is 21.6 Å². The van der Waals surface area contributed by atoms with Gasteiger partial charge in [0.15, 0.2) is 9.84 Å². The molecule has 7 nitrogen and oxygen atoms in total. The van der Waals surface area contributed by atoms with Crippen LogP contribution in [0.15, 0.2) is 5.16 Å². The van der Waals surface area contributed by atoms with Gasteiger partial charge < -0.3 is 16.3 Å². The molecule has 1 aliphatic heterocycles. The highest BCUT2D eigenvalue weighted by Crippen LogP contribution is 2.19. The van der Waals surface area contributed by atoms with Crippen molar-refractivity contribution in [3.05, 3.63) is 0 Å². The maximum absolute atomic E-state index is 11.9. The number of rotatable bonds is 4. The third-order valence-corrected chi connectivity index (χ3v) is 5.08. The molecule has 2 atom stereocenters. The van der Waals surface area contributed by atoms with E-state index in [1.165, 1.54) is 0 Å². The molecule has 1 saturated heterocycles. The van der Waals surface area contributed by atoms with Crippen molar-refractivity contribution < 1.29 is 18.4 Å².